The Bertz CT molecular complexity index is 1170. The summed E-state index contributed by atoms with van der Waals surface area (Å²) in [6.07, 6.45) is 0.826. The molecule has 0 unspecified atom stereocenters. The van der Waals surface area contributed by atoms with E-state index in [9.17, 15) is 4.79 Å². The molecule has 3 heteroatoms. The summed E-state index contributed by atoms with van der Waals surface area (Å²) >= 11 is 0. The SMILES string of the molecule is CCc1cc2c(-c3ccccc3)cc(=O)oc2cc1OCc1cccc(C)c1. The van der Waals surface area contributed by atoms with Gasteiger partial charge in [0.1, 0.15) is 17.9 Å². The van der Waals surface area contributed by atoms with Crippen molar-refractivity contribution in [1.82, 2.24) is 0 Å². The Morgan fingerprint density at radius 2 is 1.75 bits per heavy atom. The molecule has 3 nitrogen and oxygen atoms in total. The van der Waals surface area contributed by atoms with Crippen LogP contribution in [0.2, 0.25) is 0 Å². The van der Waals surface area contributed by atoms with Gasteiger partial charge in [0, 0.05) is 17.5 Å². The van der Waals surface area contributed by atoms with Gasteiger partial charge < -0.3 is 9.15 Å². The average molecular weight is 370 g/mol. The van der Waals surface area contributed by atoms with Crippen molar-refractivity contribution < 1.29 is 9.15 Å². The van der Waals surface area contributed by atoms with Crippen LogP contribution in [-0.4, -0.2) is 0 Å². The lowest BCUT2D eigenvalue weighted by Gasteiger charge is -2.14. The van der Waals surface area contributed by atoms with Crippen LogP contribution in [0.3, 0.4) is 0 Å². The van der Waals surface area contributed by atoms with E-state index in [4.69, 9.17) is 9.15 Å². The van der Waals surface area contributed by atoms with Crippen molar-refractivity contribution in [3.8, 4) is 16.9 Å². The van der Waals surface area contributed by atoms with Gasteiger partial charge in [-0.05, 0) is 41.7 Å². The fourth-order valence-corrected chi connectivity index (χ4v) is 3.46. The number of rotatable bonds is 5. The van der Waals surface area contributed by atoms with E-state index in [0.717, 1.165) is 39.8 Å². The maximum absolute atomic E-state index is 12.2. The summed E-state index contributed by atoms with van der Waals surface area (Å²) in [6, 6.07) is 23.6. The Kier molecular flexibility index (Phi) is 4.98. The summed E-state index contributed by atoms with van der Waals surface area (Å²) in [5, 5.41) is 0.922. The van der Waals surface area contributed by atoms with Gasteiger partial charge in [-0.15, -0.1) is 0 Å². The minimum Gasteiger partial charge on any atom is -0.488 e. The van der Waals surface area contributed by atoms with Crippen LogP contribution in [0.15, 0.2) is 82.0 Å². The summed E-state index contributed by atoms with van der Waals surface area (Å²) in [4.78, 5) is 12.2. The molecule has 0 aliphatic carbocycles. The van der Waals surface area contributed by atoms with Gasteiger partial charge in [0.15, 0.2) is 0 Å². The summed E-state index contributed by atoms with van der Waals surface area (Å²) in [5.41, 5.74) is 5.47. The highest BCUT2D eigenvalue weighted by Gasteiger charge is 2.13. The second-order valence-electron chi connectivity index (χ2n) is 6.93. The maximum Gasteiger partial charge on any atom is 0.336 e. The Morgan fingerprint density at radius 3 is 2.50 bits per heavy atom. The van der Waals surface area contributed by atoms with Crippen LogP contribution >= 0.6 is 0 Å². The first-order chi connectivity index (χ1) is 13.6. The van der Waals surface area contributed by atoms with Gasteiger partial charge in [0.2, 0.25) is 0 Å². The van der Waals surface area contributed by atoms with Crippen LogP contribution in [0.5, 0.6) is 5.75 Å². The van der Waals surface area contributed by atoms with Gasteiger partial charge in [-0.1, -0.05) is 67.1 Å². The smallest absolute Gasteiger partial charge is 0.336 e. The van der Waals surface area contributed by atoms with Gasteiger partial charge in [-0.3, -0.25) is 0 Å². The zero-order valence-corrected chi connectivity index (χ0v) is 16.1. The molecule has 0 radical (unpaired) electrons. The number of fused-ring (bicyclic) bond motifs is 1. The van der Waals surface area contributed by atoms with Crippen LogP contribution in [-0.2, 0) is 13.0 Å². The Hall–Kier alpha value is -3.33. The Morgan fingerprint density at radius 1 is 0.929 bits per heavy atom. The molecule has 0 atom stereocenters. The van der Waals surface area contributed by atoms with Crippen LogP contribution in [0.4, 0.5) is 0 Å². The molecule has 0 N–H and O–H groups in total. The van der Waals surface area contributed by atoms with E-state index in [1.54, 1.807) is 6.07 Å². The molecule has 3 aromatic carbocycles. The number of aryl methyl sites for hydroxylation is 2. The van der Waals surface area contributed by atoms with Crippen molar-refractivity contribution in [2.75, 3.05) is 0 Å². The molecule has 4 aromatic rings. The highest BCUT2D eigenvalue weighted by atomic mass is 16.5. The maximum atomic E-state index is 12.2. The van der Waals surface area contributed by atoms with E-state index in [-0.39, 0.29) is 5.63 Å². The first kappa shape index (κ1) is 18.1. The van der Waals surface area contributed by atoms with Crippen LogP contribution in [0.25, 0.3) is 22.1 Å². The van der Waals surface area contributed by atoms with Gasteiger partial charge in [-0.25, -0.2) is 4.79 Å². The normalized spacial score (nSPS) is 10.9. The van der Waals surface area contributed by atoms with Crippen molar-refractivity contribution >= 4 is 11.0 Å². The molecule has 0 saturated heterocycles. The van der Waals surface area contributed by atoms with Crippen LogP contribution < -0.4 is 10.4 Å². The van der Waals surface area contributed by atoms with E-state index in [1.807, 2.05) is 48.5 Å². The van der Waals surface area contributed by atoms with Crippen LogP contribution in [0, 0.1) is 6.92 Å². The monoisotopic (exact) mass is 370 g/mol. The third-order valence-electron chi connectivity index (χ3n) is 4.87. The average Bonchev–Trinajstić information content (AvgIpc) is 2.71. The van der Waals surface area contributed by atoms with Crippen molar-refractivity contribution in [3.05, 3.63) is 99.9 Å². The number of hydrogen-bond donors (Lipinski definition) is 0. The molecule has 0 aliphatic heterocycles. The first-order valence-electron chi connectivity index (χ1n) is 9.48. The van der Waals surface area contributed by atoms with Gasteiger partial charge in [0.25, 0.3) is 0 Å². The molecule has 0 bridgehead atoms. The third kappa shape index (κ3) is 3.70. The van der Waals surface area contributed by atoms with E-state index >= 15 is 0 Å². The second kappa shape index (κ2) is 7.73. The zero-order chi connectivity index (χ0) is 19.5. The summed E-state index contributed by atoms with van der Waals surface area (Å²) < 4.78 is 11.6. The predicted octanol–water partition coefficient (Wildman–Crippen LogP) is 5.91. The highest BCUT2D eigenvalue weighted by Crippen LogP contribution is 2.33. The summed E-state index contributed by atoms with van der Waals surface area (Å²) in [7, 11) is 0. The van der Waals surface area contributed by atoms with Crippen molar-refractivity contribution in [3.63, 3.8) is 0 Å². The number of ether oxygens (including phenoxy) is 1. The lowest BCUT2D eigenvalue weighted by Crippen LogP contribution is -2.02. The molecule has 0 aliphatic rings. The van der Waals surface area contributed by atoms with Gasteiger partial charge >= 0.3 is 5.63 Å². The van der Waals surface area contributed by atoms with E-state index < -0.39 is 0 Å². The topological polar surface area (TPSA) is 39.4 Å². The van der Waals surface area contributed by atoms with E-state index in [2.05, 4.69) is 32.0 Å². The molecule has 1 aromatic heterocycles. The molecular weight excluding hydrogens is 348 g/mol. The van der Waals surface area contributed by atoms with Crippen molar-refractivity contribution in [2.45, 2.75) is 26.9 Å². The molecule has 28 heavy (non-hydrogen) atoms. The summed E-state index contributed by atoms with van der Waals surface area (Å²) in [5.74, 6) is 0.755. The zero-order valence-electron chi connectivity index (χ0n) is 16.1. The lowest BCUT2D eigenvalue weighted by atomic mass is 9.99. The summed E-state index contributed by atoms with van der Waals surface area (Å²) in [6.45, 7) is 4.64. The number of benzene rings is 3. The number of hydrogen-bond acceptors (Lipinski definition) is 3. The molecule has 0 fully saturated rings. The minimum absolute atomic E-state index is 0.361. The highest BCUT2D eigenvalue weighted by molar-refractivity contribution is 5.94. The van der Waals surface area contributed by atoms with Gasteiger partial charge in [0.05, 0.1) is 0 Å². The molecule has 140 valence electrons. The molecule has 0 saturated carbocycles. The standard InChI is InChI=1S/C25H22O3/c1-3-19-13-22-21(20-10-5-4-6-11-20)14-25(26)28-24(22)15-23(19)27-16-18-9-7-8-17(2)12-18/h4-15H,3,16H2,1-2H3. The van der Waals surface area contributed by atoms with Crippen molar-refractivity contribution in [1.29, 1.82) is 0 Å². The third-order valence-corrected chi connectivity index (χ3v) is 4.87. The van der Waals surface area contributed by atoms with Crippen molar-refractivity contribution in [2.24, 2.45) is 0 Å². The largest absolute Gasteiger partial charge is 0.488 e. The van der Waals surface area contributed by atoms with Crippen LogP contribution in [0.1, 0.15) is 23.6 Å². The predicted molar refractivity (Wildman–Crippen MR) is 113 cm³/mol. The molecular formula is C25H22O3. The Labute approximate surface area is 164 Å². The van der Waals surface area contributed by atoms with E-state index in [1.165, 1.54) is 5.56 Å². The molecule has 4 rings (SSSR count). The van der Waals surface area contributed by atoms with Gasteiger partial charge in [-0.2, -0.15) is 0 Å². The molecule has 0 amide bonds. The fourth-order valence-electron chi connectivity index (χ4n) is 3.46. The molecule has 0 spiro atoms. The Balaban J connectivity index is 1.78. The molecule has 1 heterocycles. The quantitative estimate of drug-likeness (QED) is 0.410. The fraction of sp³-hybridized carbons (Fsp3) is 0.160. The lowest BCUT2D eigenvalue weighted by molar-refractivity contribution is 0.303. The first-order valence-corrected chi connectivity index (χ1v) is 9.48. The minimum atomic E-state index is -0.361. The second-order valence-corrected chi connectivity index (χ2v) is 6.93. The van der Waals surface area contributed by atoms with E-state index in [0.29, 0.717) is 12.2 Å².